The first-order valence-corrected chi connectivity index (χ1v) is 7.71. The molecule has 0 spiro atoms. The molecule has 136 valence electrons. The zero-order valence-corrected chi connectivity index (χ0v) is 12.9. The normalized spacial score (nSPS) is 51.7. The van der Waals surface area contributed by atoms with Crippen molar-refractivity contribution in [3.63, 3.8) is 0 Å². The van der Waals surface area contributed by atoms with Gasteiger partial charge in [0.15, 0.2) is 12.6 Å². The Morgan fingerprint density at radius 1 is 0.783 bits per heavy atom. The molecule has 2 rings (SSSR count). The van der Waals surface area contributed by atoms with E-state index in [1.807, 2.05) is 0 Å². The van der Waals surface area contributed by atoms with E-state index in [9.17, 15) is 35.7 Å². The van der Waals surface area contributed by atoms with Crippen LogP contribution in [0.15, 0.2) is 0 Å². The average Bonchev–Trinajstić information content (AvgIpc) is 2.55. The van der Waals surface area contributed by atoms with Crippen LogP contribution in [0.5, 0.6) is 0 Å². The van der Waals surface area contributed by atoms with Crippen molar-refractivity contribution in [3.8, 4) is 0 Å². The highest BCUT2D eigenvalue weighted by molar-refractivity contribution is 7.80. The Morgan fingerprint density at radius 2 is 1.43 bits per heavy atom. The Balaban J connectivity index is 2.11. The third-order valence-electron chi connectivity index (χ3n) is 3.98. The molecule has 2 heterocycles. The fourth-order valence-electron chi connectivity index (χ4n) is 2.57. The van der Waals surface area contributed by atoms with E-state index < -0.39 is 68.0 Å². The second-order valence-corrected chi connectivity index (χ2v) is 5.89. The van der Waals surface area contributed by atoms with Crippen molar-refractivity contribution >= 4 is 12.6 Å². The number of aliphatic hydroxyl groups is 7. The fraction of sp³-hybridized carbons (Fsp3) is 1.00. The third-order valence-corrected chi connectivity index (χ3v) is 4.34. The summed E-state index contributed by atoms with van der Waals surface area (Å²) in [5.74, 6) is 0.0271. The van der Waals surface area contributed by atoms with Crippen molar-refractivity contribution < 1.29 is 50.0 Å². The van der Waals surface area contributed by atoms with Gasteiger partial charge >= 0.3 is 0 Å². The van der Waals surface area contributed by atoms with E-state index in [4.69, 9.17) is 14.2 Å². The monoisotopic (exact) mass is 358 g/mol. The molecule has 0 bridgehead atoms. The smallest absolute Gasteiger partial charge is 0.187 e. The lowest BCUT2D eigenvalue weighted by Gasteiger charge is -2.45. The molecule has 2 fully saturated rings. The van der Waals surface area contributed by atoms with Crippen molar-refractivity contribution in [3.05, 3.63) is 0 Å². The predicted octanol–water partition coefficient (Wildman–Crippen LogP) is -4.46. The first-order valence-electron chi connectivity index (χ1n) is 7.08. The molecule has 10 nitrogen and oxygen atoms in total. The molecule has 7 N–H and O–H groups in total. The van der Waals surface area contributed by atoms with Crippen LogP contribution in [-0.2, 0) is 14.2 Å². The van der Waals surface area contributed by atoms with Gasteiger partial charge in [-0.05, 0) is 0 Å². The summed E-state index contributed by atoms with van der Waals surface area (Å²) in [5.41, 5.74) is 0. The zero-order valence-electron chi connectivity index (χ0n) is 12.0. The molecule has 0 aromatic rings. The Labute approximate surface area is 137 Å². The third kappa shape index (κ3) is 3.80. The van der Waals surface area contributed by atoms with E-state index in [0.29, 0.717) is 0 Å². The van der Waals surface area contributed by atoms with Crippen LogP contribution >= 0.6 is 12.6 Å². The summed E-state index contributed by atoms with van der Waals surface area (Å²) in [4.78, 5) is 0. The van der Waals surface area contributed by atoms with E-state index in [-0.39, 0.29) is 5.75 Å². The topological polar surface area (TPSA) is 169 Å². The van der Waals surface area contributed by atoms with Crippen molar-refractivity contribution in [1.82, 2.24) is 0 Å². The van der Waals surface area contributed by atoms with Gasteiger partial charge in [-0.2, -0.15) is 12.6 Å². The summed E-state index contributed by atoms with van der Waals surface area (Å²) in [6.07, 6.45) is -14.6. The molecule has 0 aromatic carbocycles. The van der Waals surface area contributed by atoms with Crippen LogP contribution in [0.1, 0.15) is 0 Å². The summed E-state index contributed by atoms with van der Waals surface area (Å²) in [7, 11) is 0. The highest BCUT2D eigenvalue weighted by Crippen LogP contribution is 2.28. The number of hydrogen-bond acceptors (Lipinski definition) is 11. The van der Waals surface area contributed by atoms with Gasteiger partial charge in [0.1, 0.15) is 42.7 Å². The van der Waals surface area contributed by atoms with E-state index >= 15 is 0 Å². The summed E-state index contributed by atoms with van der Waals surface area (Å²) in [6.45, 7) is -0.643. The molecule has 10 atom stereocenters. The van der Waals surface area contributed by atoms with Gasteiger partial charge in [0.25, 0.3) is 0 Å². The van der Waals surface area contributed by atoms with Gasteiger partial charge in [-0.1, -0.05) is 0 Å². The van der Waals surface area contributed by atoms with Crippen LogP contribution in [0.4, 0.5) is 0 Å². The molecule has 23 heavy (non-hydrogen) atoms. The van der Waals surface area contributed by atoms with Crippen molar-refractivity contribution in [2.75, 3.05) is 12.4 Å². The van der Waals surface area contributed by atoms with E-state index in [0.717, 1.165) is 0 Å². The van der Waals surface area contributed by atoms with Crippen LogP contribution in [0.2, 0.25) is 0 Å². The molecule has 0 radical (unpaired) electrons. The lowest BCUT2D eigenvalue weighted by Crippen LogP contribution is -2.64. The highest BCUT2D eigenvalue weighted by atomic mass is 32.1. The minimum Gasteiger partial charge on any atom is -0.394 e. The molecule has 0 amide bonds. The van der Waals surface area contributed by atoms with Crippen LogP contribution in [0.25, 0.3) is 0 Å². The maximum absolute atomic E-state index is 9.98. The summed E-state index contributed by atoms with van der Waals surface area (Å²) >= 11 is 3.96. The van der Waals surface area contributed by atoms with E-state index in [1.54, 1.807) is 0 Å². The Morgan fingerprint density at radius 3 is 2.00 bits per heavy atom. The van der Waals surface area contributed by atoms with Gasteiger partial charge in [0.05, 0.1) is 12.7 Å². The molecule has 11 heteroatoms. The lowest BCUT2D eigenvalue weighted by molar-refractivity contribution is -0.351. The first-order chi connectivity index (χ1) is 10.8. The molecule has 0 aromatic heterocycles. The molecular formula is C12H22O10S. The molecule has 0 saturated carbocycles. The van der Waals surface area contributed by atoms with Gasteiger partial charge in [0, 0.05) is 5.75 Å². The number of rotatable bonds is 4. The van der Waals surface area contributed by atoms with Crippen LogP contribution in [-0.4, -0.2) is 110 Å². The van der Waals surface area contributed by atoms with Crippen LogP contribution < -0.4 is 0 Å². The number of ether oxygens (including phenoxy) is 3. The molecule has 2 aliphatic rings. The number of hydrogen-bond donors (Lipinski definition) is 8. The van der Waals surface area contributed by atoms with Gasteiger partial charge in [-0.25, -0.2) is 0 Å². The van der Waals surface area contributed by atoms with Crippen molar-refractivity contribution in [2.45, 2.75) is 61.4 Å². The molecule has 2 aliphatic heterocycles. The van der Waals surface area contributed by atoms with Crippen LogP contribution in [0.3, 0.4) is 0 Å². The minimum atomic E-state index is -1.71. The van der Waals surface area contributed by atoms with E-state index in [2.05, 4.69) is 12.6 Å². The van der Waals surface area contributed by atoms with Gasteiger partial charge in [-0.15, -0.1) is 0 Å². The summed E-state index contributed by atoms with van der Waals surface area (Å²) in [5, 5.41) is 67.7. The highest BCUT2D eigenvalue weighted by Gasteiger charge is 2.49. The van der Waals surface area contributed by atoms with Crippen molar-refractivity contribution in [2.24, 2.45) is 0 Å². The standard InChI is InChI=1S/C12H22O10S/c13-1-3-10(7(16)8(17)11(19)20-3)22-12-9(18)6(15)5(14)4(2-23)21-12/h3-19,23H,1-2H2/t3?,4?,5-,6?,7?,8-,9?,10-,11+,12-/m0/s1. The largest absolute Gasteiger partial charge is 0.394 e. The Bertz CT molecular complexity index is 383. The molecular weight excluding hydrogens is 336 g/mol. The number of thiol groups is 1. The van der Waals surface area contributed by atoms with Gasteiger partial charge < -0.3 is 50.0 Å². The van der Waals surface area contributed by atoms with Crippen molar-refractivity contribution in [1.29, 1.82) is 0 Å². The SMILES string of the molecule is OCC1O[C@@H](O)[C@@H](O)C(O)[C@H]1O[C@@H]1OC(CS)[C@H](O)C(O)C1O. The lowest BCUT2D eigenvalue weighted by atomic mass is 9.97. The second kappa shape index (κ2) is 7.89. The minimum absolute atomic E-state index is 0.0271. The predicted molar refractivity (Wildman–Crippen MR) is 75.4 cm³/mol. The van der Waals surface area contributed by atoms with Crippen LogP contribution in [0, 0.1) is 0 Å². The molecule has 0 aliphatic carbocycles. The Hall–Kier alpha value is -0.0500. The number of aliphatic hydroxyl groups excluding tert-OH is 7. The quantitative estimate of drug-likeness (QED) is 0.229. The summed E-state index contributed by atoms with van der Waals surface area (Å²) < 4.78 is 15.5. The average molecular weight is 358 g/mol. The Kier molecular flexibility index (Phi) is 6.61. The zero-order chi connectivity index (χ0) is 17.3. The fourth-order valence-corrected chi connectivity index (χ4v) is 2.87. The second-order valence-electron chi connectivity index (χ2n) is 5.53. The first kappa shape index (κ1) is 19.3. The molecule has 2 saturated heterocycles. The summed E-state index contributed by atoms with van der Waals surface area (Å²) in [6, 6.07) is 0. The van der Waals surface area contributed by atoms with Gasteiger partial charge in [-0.3, -0.25) is 0 Å². The molecule has 5 unspecified atom stereocenters. The van der Waals surface area contributed by atoms with Gasteiger partial charge in [0.2, 0.25) is 0 Å². The maximum Gasteiger partial charge on any atom is 0.187 e. The maximum atomic E-state index is 9.98. The van der Waals surface area contributed by atoms with E-state index in [1.165, 1.54) is 0 Å².